The molecule has 0 saturated heterocycles. The van der Waals surface area contributed by atoms with Gasteiger partial charge in [-0.2, -0.15) is 0 Å². The topological polar surface area (TPSA) is 30.7 Å². The Morgan fingerprint density at radius 3 is 1.52 bits per heavy atom. The van der Waals surface area contributed by atoms with Crippen LogP contribution in [0.1, 0.15) is 0 Å². The minimum atomic E-state index is -1.99. The van der Waals surface area contributed by atoms with Crippen LogP contribution in [0.25, 0.3) is 11.0 Å². The Labute approximate surface area is 171 Å². The lowest BCUT2D eigenvalue weighted by atomic mass is 10.3. The molecule has 29 heavy (non-hydrogen) atoms. The molecule has 140 valence electrons. The Morgan fingerprint density at radius 2 is 1.00 bits per heavy atom. The molecule has 4 aromatic carbocycles. The van der Waals surface area contributed by atoms with Crippen LogP contribution < -0.4 is 15.9 Å². The molecule has 0 aliphatic heterocycles. The van der Waals surface area contributed by atoms with Crippen LogP contribution in [0.15, 0.2) is 115 Å². The molecule has 0 amide bonds. The fourth-order valence-corrected chi connectivity index (χ4v) is 8.00. The summed E-state index contributed by atoms with van der Waals surface area (Å²) in [4.78, 5) is 0. The molecular weight excluding hydrogens is 373 g/mol. The zero-order chi connectivity index (χ0) is 19.5. The minimum Gasteiger partial charge on any atom is -0.208 e. The van der Waals surface area contributed by atoms with E-state index in [2.05, 4.69) is 118 Å². The van der Waals surface area contributed by atoms with Crippen molar-refractivity contribution in [2.45, 2.75) is 6.29 Å². The van der Waals surface area contributed by atoms with Gasteiger partial charge in [-0.15, -0.1) is 5.10 Å². The van der Waals surface area contributed by atoms with Crippen LogP contribution >= 0.6 is 7.26 Å². The lowest BCUT2D eigenvalue weighted by molar-refractivity contribution is 0.717. The molecule has 0 aliphatic carbocycles. The third kappa shape index (κ3) is 3.14. The van der Waals surface area contributed by atoms with Crippen molar-refractivity contribution in [2.24, 2.45) is 0 Å². The average Bonchev–Trinajstić information content (AvgIpc) is 3.22. The quantitative estimate of drug-likeness (QED) is 0.414. The zero-order valence-corrected chi connectivity index (χ0v) is 16.9. The van der Waals surface area contributed by atoms with Crippen molar-refractivity contribution in [2.75, 3.05) is 0 Å². The second-order valence-corrected chi connectivity index (χ2v) is 10.5. The van der Waals surface area contributed by atoms with Crippen LogP contribution in [-0.4, -0.2) is 15.0 Å². The molecule has 0 spiro atoms. The fraction of sp³-hybridized carbons (Fsp3) is 0.0400. The molecular formula is C25H21N3P+. The molecule has 4 heteroatoms. The van der Waals surface area contributed by atoms with Gasteiger partial charge >= 0.3 is 0 Å². The number of aromatic nitrogens is 3. The second-order valence-electron chi connectivity index (χ2n) is 7.04. The first kappa shape index (κ1) is 17.8. The van der Waals surface area contributed by atoms with Crippen molar-refractivity contribution in [1.29, 1.82) is 0 Å². The van der Waals surface area contributed by atoms with Gasteiger partial charge in [0.2, 0.25) is 0 Å². The van der Waals surface area contributed by atoms with Crippen LogP contribution in [-0.2, 0) is 6.29 Å². The van der Waals surface area contributed by atoms with E-state index in [-0.39, 0.29) is 0 Å². The number of hydrogen-bond donors (Lipinski definition) is 0. The molecule has 0 N–H and O–H groups in total. The lowest BCUT2D eigenvalue weighted by Crippen LogP contribution is -2.34. The molecule has 0 radical (unpaired) electrons. The summed E-state index contributed by atoms with van der Waals surface area (Å²) in [5.74, 6) is 0. The Balaban J connectivity index is 1.80. The highest BCUT2D eigenvalue weighted by atomic mass is 31.2. The molecule has 0 atom stereocenters. The van der Waals surface area contributed by atoms with E-state index in [1.165, 1.54) is 15.9 Å². The van der Waals surface area contributed by atoms with Crippen LogP contribution in [0.5, 0.6) is 0 Å². The maximum absolute atomic E-state index is 4.55. The third-order valence-corrected chi connectivity index (χ3v) is 9.59. The van der Waals surface area contributed by atoms with Gasteiger partial charge in [0.25, 0.3) is 0 Å². The van der Waals surface area contributed by atoms with E-state index < -0.39 is 7.26 Å². The first-order chi connectivity index (χ1) is 14.4. The van der Waals surface area contributed by atoms with E-state index in [1.807, 2.05) is 12.1 Å². The standard InChI is InChI=1S/C25H21N3P/c1-4-12-21(13-5-1)29(22-14-6-2-7-15-22,23-16-8-3-9-17-23)20-28-25-19-11-10-18-24(25)26-27-28/h1-19H,20H2/q+1. The summed E-state index contributed by atoms with van der Waals surface area (Å²) in [7, 11) is -1.99. The second kappa shape index (κ2) is 7.62. The van der Waals surface area contributed by atoms with Gasteiger partial charge < -0.3 is 0 Å². The van der Waals surface area contributed by atoms with Crippen LogP contribution in [0, 0.1) is 0 Å². The highest BCUT2D eigenvalue weighted by molar-refractivity contribution is 7.94. The third-order valence-electron chi connectivity index (χ3n) is 5.36. The zero-order valence-electron chi connectivity index (χ0n) is 16.0. The summed E-state index contributed by atoms with van der Waals surface area (Å²) in [6.07, 6.45) is 0.769. The van der Waals surface area contributed by atoms with E-state index in [9.17, 15) is 0 Å². The first-order valence-corrected chi connectivity index (χ1v) is 11.7. The Bertz CT molecular complexity index is 1120. The summed E-state index contributed by atoms with van der Waals surface area (Å²) in [5.41, 5.74) is 2.00. The van der Waals surface area contributed by atoms with E-state index in [0.29, 0.717) is 0 Å². The maximum Gasteiger partial charge on any atom is 0.167 e. The number of rotatable bonds is 5. The smallest absolute Gasteiger partial charge is 0.167 e. The predicted molar refractivity (Wildman–Crippen MR) is 123 cm³/mol. The SMILES string of the molecule is c1ccc([P+](Cn2nnc3ccccc32)(c2ccccc2)c2ccccc2)cc1. The fourth-order valence-electron chi connectivity index (χ4n) is 3.96. The van der Waals surface area contributed by atoms with Gasteiger partial charge in [0, 0.05) is 0 Å². The van der Waals surface area contributed by atoms with Crippen molar-refractivity contribution in [3.8, 4) is 0 Å². The summed E-state index contributed by atoms with van der Waals surface area (Å²) >= 11 is 0. The number of hydrogen-bond acceptors (Lipinski definition) is 2. The van der Waals surface area contributed by atoms with E-state index >= 15 is 0 Å². The number of benzene rings is 4. The number of para-hydroxylation sites is 1. The van der Waals surface area contributed by atoms with Crippen molar-refractivity contribution >= 4 is 34.2 Å². The van der Waals surface area contributed by atoms with Crippen molar-refractivity contribution in [1.82, 2.24) is 15.0 Å². The monoisotopic (exact) mass is 394 g/mol. The van der Waals surface area contributed by atoms with Crippen molar-refractivity contribution < 1.29 is 0 Å². The molecule has 0 fully saturated rings. The molecule has 1 aromatic heterocycles. The Kier molecular flexibility index (Phi) is 4.67. The molecule has 5 rings (SSSR count). The average molecular weight is 394 g/mol. The maximum atomic E-state index is 4.55. The van der Waals surface area contributed by atoms with Crippen LogP contribution in [0.3, 0.4) is 0 Å². The molecule has 5 aromatic rings. The molecule has 0 unspecified atom stereocenters. The van der Waals surface area contributed by atoms with E-state index in [4.69, 9.17) is 0 Å². The molecule has 3 nitrogen and oxygen atoms in total. The summed E-state index contributed by atoms with van der Waals surface area (Å²) in [6.45, 7) is 0. The van der Waals surface area contributed by atoms with Crippen LogP contribution in [0.4, 0.5) is 0 Å². The van der Waals surface area contributed by atoms with Crippen LogP contribution in [0.2, 0.25) is 0 Å². The Morgan fingerprint density at radius 1 is 0.552 bits per heavy atom. The predicted octanol–water partition coefficient (Wildman–Crippen LogP) is 4.38. The lowest BCUT2D eigenvalue weighted by Gasteiger charge is -2.27. The van der Waals surface area contributed by atoms with Gasteiger partial charge in [-0.05, 0) is 48.5 Å². The highest BCUT2D eigenvalue weighted by Gasteiger charge is 2.46. The van der Waals surface area contributed by atoms with Gasteiger partial charge in [0.15, 0.2) is 6.29 Å². The van der Waals surface area contributed by atoms with Crippen molar-refractivity contribution in [3.63, 3.8) is 0 Å². The van der Waals surface area contributed by atoms with Gasteiger partial charge in [0.1, 0.15) is 28.7 Å². The summed E-state index contributed by atoms with van der Waals surface area (Å²) < 4.78 is 2.08. The minimum absolute atomic E-state index is 0.769. The molecule has 0 aliphatic rings. The van der Waals surface area contributed by atoms with Crippen molar-refractivity contribution in [3.05, 3.63) is 115 Å². The summed E-state index contributed by atoms with van der Waals surface area (Å²) in [5, 5.41) is 13.0. The summed E-state index contributed by atoms with van der Waals surface area (Å²) in [6, 6.07) is 40.8. The van der Waals surface area contributed by atoms with E-state index in [0.717, 1.165) is 17.3 Å². The largest absolute Gasteiger partial charge is 0.208 e. The molecule has 0 bridgehead atoms. The van der Waals surface area contributed by atoms with Gasteiger partial charge in [-0.1, -0.05) is 71.9 Å². The van der Waals surface area contributed by atoms with Gasteiger partial charge in [0.05, 0.1) is 5.52 Å². The van der Waals surface area contributed by atoms with Gasteiger partial charge in [-0.3, -0.25) is 0 Å². The highest BCUT2D eigenvalue weighted by Crippen LogP contribution is 2.56. The molecule has 1 heterocycles. The first-order valence-electron chi connectivity index (χ1n) is 9.71. The molecule has 0 saturated carbocycles. The normalized spacial score (nSPS) is 11.6. The number of fused-ring (bicyclic) bond motifs is 1. The Hall–Kier alpha value is -3.29. The number of nitrogens with zero attached hydrogens (tertiary/aromatic N) is 3. The van der Waals surface area contributed by atoms with E-state index in [1.54, 1.807) is 0 Å². The van der Waals surface area contributed by atoms with Gasteiger partial charge in [-0.25, -0.2) is 4.68 Å².